The van der Waals surface area contributed by atoms with Crippen molar-refractivity contribution < 1.29 is 14.3 Å². The van der Waals surface area contributed by atoms with E-state index in [4.69, 9.17) is 16.3 Å². The van der Waals surface area contributed by atoms with Crippen LogP contribution < -0.4 is 5.32 Å². The van der Waals surface area contributed by atoms with E-state index in [0.717, 1.165) is 15.8 Å². The van der Waals surface area contributed by atoms with Gasteiger partial charge in [0.15, 0.2) is 0 Å². The van der Waals surface area contributed by atoms with E-state index in [1.54, 1.807) is 25.2 Å². The first-order valence-electron chi connectivity index (χ1n) is 7.14. The van der Waals surface area contributed by atoms with E-state index in [1.807, 2.05) is 6.92 Å². The molecule has 0 spiro atoms. The highest BCUT2D eigenvalue weighted by atomic mass is 79.9. The molecule has 9 heteroatoms. The van der Waals surface area contributed by atoms with Gasteiger partial charge in [-0.25, -0.2) is 4.79 Å². The molecule has 2 heterocycles. The van der Waals surface area contributed by atoms with E-state index in [2.05, 4.69) is 26.3 Å². The fourth-order valence-electron chi connectivity index (χ4n) is 2.44. The number of rotatable bonds is 3. The highest BCUT2D eigenvalue weighted by Gasteiger charge is 2.20. The van der Waals surface area contributed by atoms with Gasteiger partial charge in [0.05, 0.1) is 22.3 Å². The summed E-state index contributed by atoms with van der Waals surface area (Å²) in [4.78, 5) is 24.6. The number of carbonyl (C=O) groups excluding carboxylic acids is 2. The lowest BCUT2D eigenvalue weighted by molar-refractivity contribution is 0.0606. The maximum absolute atomic E-state index is 12.5. The second-order valence-electron chi connectivity index (χ2n) is 5.27. The molecule has 3 aromatic rings. The molecule has 3 rings (SSSR count). The Morgan fingerprint density at radius 3 is 2.72 bits per heavy atom. The maximum Gasteiger partial charge on any atom is 0.349 e. The first-order valence-corrected chi connectivity index (χ1v) is 9.13. The quantitative estimate of drug-likeness (QED) is 0.610. The Balaban J connectivity index is 1.94. The number of halogens is 2. The molecule has 0 bridgehead atoms. The van der Waals surface area contributed by atoms with Crippen LogP contribution in [0.3, 0.4) is 0 Å². The van der Waals surface area contributed by atoms with Crippen molar-refractivity contribution in [1.82, 2.24) is 9.78 Å². The van der Waals surface area contributed by atoms with Crippen LogP contribution in [0, 0.1) is 6.92 Å². The zero-order chi connectivity index (χ0) is 18.3. The smallest absolute Gasteiger partial charge is 0.349 e. The van der Waals surface area contributed by atoms with Crippen LogP contribution in [-0.4, -0.2) is 28.8 Å². The summed E-state index contributed by atoms with van der Waals surface area (Å²) < 4.78 is 7.68. The molecular weight excluding hydrogens is 430 g/mol. The van der Waals surface area contributed by atoms with E-state index in [9.17, 15) is 9.59 Å². The monoisotopic (exact) mass is 441 g/mol. The molecule has 0 aliphatic rings. The van der Waals surface area contributed by atoms with Gasteiger partial charge >= 0.3 is 5.97 Å². The lowest BCUT2D eigenvalue weighted by atomic mass is 10.2. The molecular formula is C16H13BrClN3O3S. The third kappa shape index (κ3) is 3.17. The van der Waals surface area contributed by atoms with E-state index in [0.29, 0.717) is 25.8 Å². The largest absolute Gasteiger partial charge is 0.465 e. The lowest BCUT2D eigenvalue weighted by Crippen LogP contribution is -2.16. The zero-order valence-electron chi connectivity index (χ0n) is 13.5. The third-order valence-electron chi connectivity index (χ3n) is 3.62. The molecule has 1 amide bonds. The summed E-state index contributed by atoms with van der Waals surface area (Å²) in [7, 11) is 3.01. The van der Waals surface area contributed by atoms with Crippen LogP contribution in [0.5, 0.6) is 0 Å². The SMILES string of the molecule is COC(=O)c1sc2cc(NC(=O)c3c(Br)c(C)nn3C)ccc2c1Cl. The number of amides is 1. The van der Waals surface area contributed by atoms with Crippen LogP contribution in [-0.2, 0) is 11.8 Å². The Morgan fingerprint density at radius 2 is 2.12 bits per heavy atom. The van der Waals surface area contributed by atoms with Gasteiger partial charge in [-0.3, -0.25) is 9.48 Å². The number of nitrogens with one attached hydrogen (secondary N) is 1. The minimum absolute atomic E-state index is 0.287. The summed E-state index contributed by atoms with van der Waals surface area (Å²) in [6.45, 7) is 1.81. The highest BCUT2D eigenvalue weighted by Crippen LogP contribution is 2.37. The predicted molar refractivity (Wildman–Crippen MR) is 102 cm³/mol. The molecule has 0 unspecified atom stereocenters. The molecule has 0 fully saturated rings. The summed E-state index contributed by atoms with van der Waals surface area (Å²) in [6, 6.07) is 5.27. The molecule has 130 valence electrons. The summed E-state index contributed by atoms with van der Waals surface area (Å²) in [5.41, 5.74) is 1.76. The van der Waals surface area contributed by atoms with Crippen molar-refractivity contribution in [2.75, 3.05) is 12.4 Å². The average molecular weight is 443 g/mol. The van der Waals surface area contributed by atoms with Crippen molar-refractivity contribution in [2.45, 2.75) is 6.92 Å². The van der Waals surface area contributed by atoms with Crippen LogP contribution in [0.1, 0.15) is 25.9 Å². The first-order chi connectivity index (χ1) is 11.8. The molecule has 25 heavy (non-hydrogen) atoms. The summed E-state index contributed by atoms with van der Waals surface area (Å²) >= 11 is 10.8. The Hall–Kier alpha value is -1.90. The van der Waals surface area contributed by atoms with Crippen LogP contribution in [0.15, 0.2) is 22.7 Å². The molecule has 0 radical (unpaired) electrons. The average Bonchev–Trinajstić information content (AvgIpc) is 3.03. The van der Waals surface area contributed by atoms with E-state index in [1.165, 1.54) is 23.1 Å². The number of methoxy groups -OCH3 is 1. The number of carbonyl (C=O) groups is 2. The molecule has 0 atom stereocenters. The number of fused-ring (bicyclic) bond motifs is 1. The molecule has 0 saturated heterocycles. The van der Waals surface area contributed by atoms with Crippen LogP contribution >= 0.6 is 38.9 Å². The number of ether oxygens (including phenoxy) is 1. The number of benzene rings is 1. The van der Waals surface area contributed by atoms with Gasteiger partial charge in [-0.05, 0) is 41.1 Å². The van der Waals surface area contributed by atoms with Gasteiger partial charge in [0.2, 0.25) is 0 Å². The van der Waals surface area contributed by atoms with Crippen molar-refractivity contribution in [3.05, 3.63) is 44.0 Å². The van der Waals surface area contributed by atoms with Crippen molar-refractivity contribution in [1.29, 1.82) is 0 Å². The number of aromatic nitrogens is 2. The topological polar surface area (TPSA) is 73.2 Å². The molecule has 2 aromatic heterocycles. The second kappa shape index (κ2) is 6.78. The zero-order valence-corrected chi connectivity index (χ0v) is 16.7. The van der Waals surface area contributed by atoms with E-state index >= 15 is 0 Å². The molecule has 1 aromatic carbocycles. The second-order valence-corrected chi connectivity index (χ2v) is 7.50. The minimum atomic E-state index is -0.480. The van der Waals surface area contributed by atoms with Gasteiger partial charge < -0.3 is 10.1 Å². The lowest BCUT2D eigenvalue weighted by Gasteiger charge is -2.06. The van der Waals surface area contributed by atoms with Crippen molar-refractivity contribution in [2.24, 2.45) is 7.05 Å². The fourth-order valence-corrected chi connectivity index (χ4v) is 4.42. The van der Waals surface area contributed by atoms with Gasteiger partial charge in [-0.15, -0.1) is 11.3 Å². The Kier molecular flexibility index (Phi) is 4.86. The van der Waals surface area contributed by atoms with Crippen LogP contribution in [0.4, 0.5) is 5.69 Å². The summed E-state index contributed by atoms with van der Waals surface area (Å²) in [5, 5.41) is 8.14. The number of aryl methyl sites for hydroxylation is 2. The molecule has 6 nitrogen and oxygen atoms in total. The maximum atomic E-state index is 12.5. The number of nitrogens with zero attached hydrogens (tertiary/aromatic N) is 2. The van der Waals surface area contributed by atoms with Gasteiger partial charge in [0, 0.05) is 22.8 Å². The number of hydrogen-bond acceptors (Lipinski definition) is 5. The predicted octanol–water partition coefficient (Wildman–Crippen LogP) is 4.40. The third-order valence-corrected chi connectivity index (χ3v) is 6.21. The van der Waals surface area contributed by atoms with Gasteiger partial charge in [0.25, 0.3) is 5.91 Å². The fraction of sp³-hybridized carbons (Fsp3) is 0.188. The highest BCUT2D eigenvalue weighted by molar-refractivity contribution is 9.10. The van der Waals surface area contributed by atoms with Crippen LogP contribution in [0.2, 0.25) is 5.02 Å². The van der Waals surface area contributed by atoms with E-state index < -0.39 is 5.97 Å². The van der Waals surface area contributed by atoms with Gasteiger partial charge in [-0.1, -0.05) is 11.6 Å². The Labute approximate surface area is 160 Å². The van der Waals surface area contributed by atoms with Crippen LogP contribution in [0.25, 0.3) is 10.1 Å². The van der Waals surface area contributed by atoms with Crippen molar-refractivity contribution in [3.63, 3.8) is 0 Å². The number of hydrogen-bond donors (Lipinski definition) is 1. The number of anilines is 1. The molecule has 0 aliphatic carbocycles. The van der Waals surface area contributed by atoms with Crippen molar-refractivity contribution >= 4 is 66.5 Å². The molecule has 0 aliphatic heterocycles. The standard InChI is InChI=1S/C16H13BrClN3O3S/c1-7-11(17)13(21(2)20-7)15(22)19-8-4-5-9-10(6-8)25-14(12(9)18)16(23)24-3/h4-6H,1-3H3,(H,19,22). The normalized spacial score (nSPS) is 10.9. The number of esters is 1. The van der Waals surface area contributed by atoms with Gasteiger partial charge in [-0.2, -0.15) is 5.10 Å². The summed E-state index contributed by atoms with van der Waals surface area (Å²) in [5.74, 6) is -0.767. The van der Waals surface area contributed by atoms with Gasteiger partial charge in [0.1, 0.15) is 10.6 Å². The molecule has 1 N–H and O–H groups in total. The summed E-state index contributed by atoms with van der Waals surface area (Å²) in [6.07, 6.45) is 0. The first kappa shape index (κ1) is 17.9. The Morgan fingerprint density at radius 1 is 1.40 bits per heavy atom. The Bertz CT molecular complexity index is 1010. The van der Waals surface area contributed by atoms with E-state index in [-0.39, 0.29) is 5.91 Å². The minimum Gasteiger partial charge on any atom is -0.465 e. The van der Waals surface area contributed by atoms with Crippen molar-refractivity contribution in [3.8, 4) is 0 Å². The number of thiophene rings is 1. The molecule has 0 saturated carbocycles.